The Kier molecular flexibility index (Phi) is 5.15. The Balaban J connectivity index is 4.38. The number of nitrogens with zero attached hydrogens (tertiary/aromatic N) is 1. The number of hydrogen-bond donors (Lipinski definition) is 2. The third-order valence-corrected chi connectivity index (χ3v) is 2.04. The Labute approximate surface area is 84.4 Å². The lowest BCUT2D eigenvalue weighted by molar-refractivity contribution is -0.136. The second-order valence-electron chi connectivity index (χ2n) is 3.59. The molecule has 0 aromatic rings. The van der Waals surface area contributed by atoms with Crippen molar-refractivity contribution >= 4 is 11.8 Å². The molecule has 82 valence electrons. The molecule has 14 heavy (non-hydrogen) atoms. The summed E-state index contributed by atoms with van der Waals surface area (Å²) in [6, 6.07) is -0.561. The smallest absolute Gasteiger partial charge is 0.240 e. The van der Waals surface area contributed by atoms with Crippen molar-refractivity contribution in [3.05, 3.63) is 0 Å². The number of rotatable bonds is 5. The van der Waals surface area contributed by atoms with Gasteiger partial charge in [0.05, 0.1) is 12.6 Å². The number of amides is 2. The average molecular weight is 201 g/mol. The molecule has 0 unspecified atom stereocenters. The molecule has 0 fully saturated rings. The summed E-state index contributed by atoms with van der Waals surface area (Å²) < 4.78 is 0. The highest BCUT2D eigenvalue weighted by atomic mass is 16.2. The molecule has 5 heteroatoms. The van der Waals surface area contributed by atoms with Crippen LogP contribution in [0.15, 0.2) is 0 Å². The molecular formula is C9H19N3O2. The van der Waals surface area contributed by atoms with Gasteiger partial charge in [-0.3, -0.25) is 9.59 Å². The van der Waals surface area contributed by atoms with E-state index in [0.29, 0.717) is 6.54 Å². The molecule has 0 aliphatic carbocycles. The van der Waals surface area contributed by atoms with Gasteiger partial charge in [-0.1, -0.05) is 13.8 Å². The van der Waals surface area contributed by atoms with Gasteiger partial charge in [0, 0.05) is 6.54 Å². The summed E-state index contributed by atoms with van der Waals surface area (Å²) in [5.41, 5.74) is 10.7. The average Bonchev–Trinajstić information content (AvgIpc) is 2.11. The Morgan fingerprint density at radius 1 is 1.36 bits per heavy atom. The van der Waals surface area contributed by atoms with Crippen molar-refractivity contribution < 1.29 is 9.59 Å². The summed E-state index contributed by atoms with van der Waals surface area (Å²) in [6.07, 6.45) is 0. The Morgan fingerprint density at radius 3 is 2.14 bits per heavy atom. The van der Waals surface area contributed by atoms with Crippen molar-refractivity contribution in [2.75, 3.05) is 13.1 Å². The first-order valence-corrected chi connectivity index (χ1v) is 4.72. The summed E-state index contributed by atoms with van der Waals surface area (Å²) >= 11 is 0. The summed E-state index contributed by atoms with van der Waals surface area (Å²) in [5, 5.41) is 0. The minimum atomic E-state index is -0.561. The summed E-state index contributed by atoms with van der Waals surface area (Å²) in [4.78, 5) is 23.7. The monoisotopic (exact) mass is 201 g/mol. The zero-order valence-electron chi connectivity index (χ0n) is 8.99. The molecule has 0 aromatic heterocycles. The van der Waals surface area contributed by atoms with Crippen molar-refractivity contribution in [3.63, 3.8) is 0 Å². The number of primary amides is 1. The fourth-order valence-corrected chi connectivity index (χ4v) is 1.03. The third-order valence-electron chi connectivity index (χ3n) is 2.04. The maximum absolute atomic E-state index is 11.6. The number of carbonyl (C=O) groups excluding carboxylic acids is 2. The van der Waals surface area contributed by atoms with Gasteiger partial charge in [-0.25, -0.2) is 0 Å². The van der Waals surface area contributed by atoms with Gasteiger partial charge >= 0.3 is 0 Å². The van der Waals surface area contributed by atoms with Gasteiger partial charge in [0.2, 0.25) is 11.8 Å². The topological polar surface area (TPSA) is 89.4 Å². The molecule has 0 aliphatic rings. The van der Waals surface area contributed by atoms with E-state index in [9.17, 15) is 9.59 Å². The highest BCUT2D eigenvalue weighted by molar-refractivity contribution is 5.86. The van der Waals surface area contributed by atoms with Gasteiger partial charge in [0.1, 0.15) is 0 Å². The van der Waals surface area contributed by atoms with Crippen LogP contribution in [0, 0.1) is 5.92 Å². The van der Waals surface area contributed by atoms with Gasteiger partial charge < -0.3 is 16.4 Å². The molecule has 2 amide bonds. The number of nitrogens with two attached hydrogens (primary N) is 2. The molecule has 0 heterocycles. The molecule has 0 saturated carbocycles. The second-order valence-corrected chi connectivity index (χ2v) is 3.59. The van der Waals surface area contributed by atoms with E-state index in [1.165, 1.54) is 4.90 Å². The molecular weight excluding hydrogens is 182 g/mol. The first kappa shape index (κ1) is 12.9. The van der Waals surface area contributed by atoms with Crippen LogP contribution >= 0.6 is 0 Å². The highest BCUT2D eigenvalue weighted by Crippen LogP contribution is 2.03. The van der Waals surface area contributed by atoms with E-state index < -0.39 is 11.9 Å². The fraction of sp³-hybridized carbons (Fsp3) is 0.778. The van der Waals surface area contributed by atoms with Crippen LogP contribution in [-0.2, 0) is 9.59 Å². The second kappa shape index (κ2) is 5.59. The molecule has 1 atom stereocenters. The third kappa shape index (κ3) is 3.74. The quantitative estimate of drug-likeness (QED) is 0.616. The van der Waals surface area contributed by atoms with E-state index in [2.05, 4.69) is 0 Å². The molecule has 0 saturated heterocycles. The number of likely N-dealkylation sites (N-methyl/N-ethyl adjacent to an activating group) is 1. The largest absolute Gasteiger partial charge is 0.368 e. The number of hydrogen-bond acceptors (Lipinski definition) is 3. The van der Waals surface area contributed by atoms with Gasteiger partial charge in [0.15, 0.2) is 0 Å². The highest BCUT2D eigenvalue weighted by Gasteiger charge is 2.23. The van der Waals surface area contributed by atoms with Crippen molar-refractivity contribution in [2.24, 2.45) is 17.4 Å². The fourth-order valence-electron chi connectivity index (χ4n) is 1.03. The maximum atomic E-state index is 11.6. The minimum Gasteiger partial charge on any atom is -0.368 e. The Bertz CT molecular complexity index is 216. The Morgan fingerprint density at radius 2 is 1.86 bits per heavy atom. The summed E-state index contributed by atoms with van der Waals surface area (Å²) in [6.45, 7) is 5.90. The van der Waals surface area contributed by atoms with Crippen LogP contribution in [0.5, 0.6) is 0 Å². The maximum Gasteiger partial charge on any atom is 0.240 e. The van der Waals surface area contributed by atoms with E-state index in [1.807, 2.05) is 13.8 Å². The van der Waals surface area contributed by atoms with Gasteiger partial charge in [0.25, 0.3) is 0 Å². The van der Waals surface area contributed by atoms with Gasteiger partial charge in [-0.2, -0.15) is 0 Å². The van der Waals surface area contributed by atoms with Crippen LogP contribution in [-0.4, -0.2) is 35.8 Å². The van der Waals surface area contributed by atoms with Crippen LogP contribution in [0.3, 0.4) is 0 Å². The van der Waals surface area contributed by atoms with E-state index in [0.717, 1.165) is 0 Å². The number of carbonyl (C=O) groups is 2. The molecule has 0 aliphatic heterocycles. The van der Waals surface area contributed by atoms with Crippen molar-refractivity contribution in [2.45, 2.75) is 26.8 Å². The minimum absolute atomic E-state index is 0.0597. The van der Waals surface area contributed by atoms with E-state index >= 15 is 0 Å². The lowest BCUT2D eigenvalue weighted by atomic mass is 10.0. The molecule has 0 aromatic carbocycles. The first-order chi connectivity index (χ1) is 6.40. The molecule has 0 rings (SSSR count). The van der Waals surface area contributed by atoms with Crippen LogP contribution in [0.25, 0.3) is 0 Å². The lowest BCUT2D eigenvalue weighted by Gasteiger charge is -2.24. The van der Waals surface area contributed by atoms with Crippen LogP contribution in [0.4, 0.5) is 0 Å². The van der Waals surface area contributed by atoms with Gasteiger partial charge in [-0.05, 0) is 12.8 Å². The molecule has 0 spiro atoms. The molecule has 0 radical (unpaired) electrons. The normalized spacial score (nSPS) is 12.6. The van der Waals surface area contributed by atoms with E-state index in [4.69, 9.17) is 11.5 Å². The molecule has 0 bridgehead atoms. The lowest BCUT2D eigenvalue weighted by Crippen LogP contribution is -2.49. The van der Waals surface area contributed by atoms with E-state index in [-0.39, 0.29) is 18.4 Å². The Hall–Kier alpha value is -1.10. The SMILES string of the molecule is CCN(CC(N)=O)C(=O)[C@H](N)C(C)C. The zero-order valence-corrected chi connectivity index (χ0v) is 8.99. The van der Waals surface area contributed by atoms with Crippen molar-refractivity contribution in [1.29, 1.82) is 0 Å². The van der Waals surface area contributed by atoms with E-state index in [1.54, 1.807) is 6.92 Å². The molecule has 5 nitrogen and oxygen atoms in total. The predicted octanol–water partition coefficient (Wildman–Crippen LogP) is -0.696. The van der Waals surface area contributed by atoms with Crippen LogP contribution in [0.1, 0.15) is 20.8 Å². The van der Waals surface area contributed by atoms with Gasteiger partial charge in [-0.15, -0.1) is 0 Å². The summed E-state index contributed by atoms with van der Waals surface area (Å²) in [5.74, 6) is -0.679. The standard InChI is InChI=1S/C9H19N3O2/c1-4-12(5-7(10)13)9(14)8(11)6(2)3/h6,8H,4-5,11H2,1-3H3,(H2,10,13)/t8-/m1/s1. The van der Waals surface area contributed by atoms with Crippen LogP contribution < -0.4 is 11.5 Å². The van der Waals surface area contributed by atoms with Crippen molar-refractivity contribution in [3.8, 4) is 0 Å². The summed E-state index contributed by atoms with van der Waals surface area (Å²) in [7, 11) is 0. The van der Waals surface area contributed by atoms with Crippen molar-refractivity contribution in [1.82, 2.24) is 4.90 Å². The first-order valence-electron chi connectivity index (χ1n) is 4.72. The van der Waals surface area contributed by atoms with Crippen LogP contribution in [0.2, 0.25) is 0 Å². The predicted molar refractivity (Wildman–Crippen MR) is 54.3 cm³/mol. The molecule has 4 N–H and O–H groups in total. The zero-order chi connectivity index (χ0) is 11.3.